The Hall–Kier alpha value is -3.69. The van der Waals surface area contributed by atoms with Crippen LogP contribution in [0.5, 0.6) is 0 Å². The van der Waals surface area contributed by atoms with Crippen LogP contribution in [0.25, 0.3) is 5.69 Å². The Labute approximate surface area is 168 Å². The lowest BCUT2D eigenvalue weighted by atomic mass is 10.1. The lowest BCUT2D eigenvalue weighted by Gasteiger charge is -2.07. The van der Waals surface area contributed by atoms with Crippen molar-refractivity contribution in [2.45, 2.75) is 26.9 Å². The van der Waals surface area contributed by atoms with Crippen LogP contribution in [0.15, 0.2) is 46.2 Å². The van der Waals surface area contributed by atoms with Gasteiger partial charge in [0.2, 0.25) is 0 Å². The first-order chi connectivity index (χ1) is 14.0. The summed E-state index contributed by atoms with van der Waals surface area (Å²) in [7, 11) is 0. The Bertz CT molecular complexity index is 1180. The van der Waals surface area contributed by atoms with E-state index in [0.29, 0.717) is 10.4 Å². The second kappa shape index (κ2) is 7.62. The molecule has 0 amide bonds. The van der Waals surface area contributed by atoms with Crippen LogP contribution in [0.1, 0.15) is 27.9 Å². The minimum Gasteiger partial charge on any atom is -0.286 e. The number of aliphatic imine (C=N–C) groups is 1. The Kier molecular flexibility index (Phi) is 5.34. The molecule has 1 aromatic heterocycles. The van der Waals surface area contributed by atoms with E-state index in [1.54, 1.807) is 13.8 Å². The summed E-state index contributed by atoms with van der Waals surface area (Å²) in [6.07, 6.45) is -3.93. The molecule has 7 nitrogen and oxygen atoms in total. The summed E-state index contributed by atoms with van der Waals surface area (Å²) in [4.78, 5) is 27.0. The van der Waals surface area contributed by atoms with E-state index in [0.717, 1.165) is 35.0 Å². The molecule has 0 saturated carbocycles. The van der Waals surface area contributed by atoms with Gasteiger partial charge in [-0.3, -0.25) is 25.0 Å². The van der Waals surface area contributed by atoms with Crippen LogP contribution in [0.2, 0.25) is 0 Å². The van der Waals surface area contributed by atoms with Crippen molar-refractivity contribution < 1.29 is 18.1 Å². The summed E-state index contributed by atoms with van der Waals surface area (Å²) >= 11 is 0. The van der Waals surface area contributed by atoms with E-state index in [-0.39, 0.29) is 11.4 Å². The molecule has 30 heavy (non-hydrogen) atoms. The topological polar surface area (TPSA) is 93.3 Å². The fraction of sp³-hybridized carbons (Fsp3) is 0.200. The van der Waals surface area contributed by atoms with Gasteiger partial charge in [-0.05, 0) is 44.0 Å². The average Bonchev–Trinajstić information content (AvgIpc) is 2.98. The molecule has 0 saturated heterocycles. The number of aryl methyl sites for hydroxylation is 3. The molecule has 0 unspecified atom stereocenters. The number of hydrogen-bond donors (Lipinski definition) is 1. The Balaban J connectivity index is 2.13. The largest absolute Gasteiger partial charge is 0.433 e. The fourth-order valence-electron chi connectivity index (χ4n) is 3.20. The molecule has 0 aliphatic heterocycles. The smallest absolute Gasteiger partial charge is 0.286 e. The van der Waals surface area contributed by atoms with Gasteiger partial charge in [0.25, 0.3) is 11.2 Å². The molecule has 0 spiro atoms. The van der Waals surface area contributed by atoms with Gasteiger partial charge in [-0.15, -0.1) is 0 Å². The molecular formula is C20H17F3N4O3. The Morgan fingerprint density at radius 3 is 2.17 bits per heavy atom. The Morgan fingerprint density at radius 2 is 1.67 bits per heavy atom. The highest BCUT2D eigenvalue weighted by Crippen LogP contribution is 2.30. The van der Waals surface area contributed by atoms with Gasteiger partial charge in [0.05, 0.1) is 21.9 Å². The monoisotopic (exact) mass is 418 g/mol. The first-order valence-corrected chi connectivity index (χ1v) is 8.78. The van der Waals surface area contributed by atoms with Gasteiger partial charge in [0.1, 0.15) is 0 Å². The number of rotatable bonds is 4. The highest BCUT2D eigenvalue weighted by atomic mass is 19.4. The van der Waals surface area contributed by atoms with Crippen LogP contribution >= 0.6 is 0 Å². The number of aromatic nitrogens is 2. The van der Waals surface area contributed by atoms with Gasteiger partial charge in [0.15, 0.2) is 5.69 Å². The summed E-state index contributed by atoms with van der Waals surface area (Å²) in [5.74, 6) is 0. The van der Waals surface area contributed by atoms with Gasteiger partial charge in [0, 0.05) is 18.3 Å². The van der Waals surface area contributed by atoms with E-state index in [1.807, 2.05) is 24.2 Å². The molecule has 1 N–H and O–H groups in total. The van der Waals surface area contributed by atoms with Crippen molar-refractivity contribution in [3.63, 3.8) is 0 Å². The summed E-state index contributed by atoms with van der Waals surface area (Å²) in [5, 5.41) is 12.8. The zero-order chi connectivity index (χ0) is 22.2. The van der Waals surface area contributed by atoms with Crippen molar-refractivity contribution in [1.82, 2.24) is 9.78 Å². The maximum absolute atomic E-state index is 13.5. The van der Waals surface area contributed by atoms with E-state index in [4.69, 9.17) is 0 Å². The van der Waals surface area contributed by atoms with Crippen LogP contribution in [-0.4, -0.2) is 20.9 Å². The number of hydrogen-bond acceptors (Lipinski definition) is 4. The van der Waals surface area contributed by atoms with Crippen molar-refractivity contribution >= 4 is 17.6 Å². The lowest BCUT2D eigenvalue weighted by Crippen LogP contribution is -2.17. The van der Waals surface area contributed by atoms with Crippen molar-refractivity contribution in [2.75, 3.05) is 0 Å². The van der Waals surface area contributed by atoms with E-state index in [9.17, 15) is 28.1 Å². The minimum atomic E-state index is -4.83. The second-order valence-electron chi connectivity index (χ2n) is 6.82. The number of nitrogens with one attached hydrogen (secondary N) is 1. The highest BCUT2D eigenvalue weighted by molar-refractivity contribution is 5.84. The lowest BCUT2D eigenvalue weighted by molar-refractivity contribution is -0.384. The molecule has 3 rings (SSSR count). The number of nitrogens with zero attached hydrogens (tertiary/aromatic N) is 3. The van der Waals surface area contributed by atoms with Crippen molar-refractivity contribution in [3.05, 3.63) is 84.8 Å². The number of non-ortho nitro benzene ring substituents is 1. The first-order valence-electron chi connectivity index (χ1n) is 8.78. The predicted octanol–water partition coefficient (Wildman–Crippen LogP) is 4.77. The molecular weight excluding hydrogens is 401 g/mol. The molecule has 156 valence electrons. The number of halogens is 3. The first kappa shape index (κ1) is 21.0. The maximum Gasteiger partial charge on any atom is 0.433 e. The van der Waals surface area contributed by atoms with Crippen LogP contribution in [0, 0.1) is 30.9 Å². The maximum atomic E-state index is 13.5. The number of nitro groups is 1. The number of aromatic amines is 1. The van der Waals surface area contributed by atoms with E-state index in [2.05, 4.69) is 4.99 Å². The third-order valence-electron chi connectivity index (χ3n) is 4.49. The predicted molar refractivity (Wildman–Crippen MR) is 106 cm³/mol. The molecule has 0 bridgehead atoms. The number of alkyl halides is 3. The quantitative estimate of drug-likeness (QED) is 0.376. The van der Waals surface area contributed by atoms with Crippen LogP contribution in [-0.2, 0) is 6.18 Å². The highest BCUT2D eigenvalue weighted by Gasteiger charge is 2.37. The summed E-state index contributed by atoms with van der Waals surface area (Å²) in [6, 6.07) is 8.26. The Morgan fingerprint density at radius 1 is 1.10 bits per heavy atom. The molecule has 3 aromatic rings. The molecule has 0 radical (unpaired) electrons. The van der Waals surface area contributed by atoms with Crippen LogP contribution < -0.4 is 5.56 Å². The average molecular weight is 418 g/mol. The van der Waals surface area contributed by atoms with E-state index < -0.39 is 27.9 Å². The third-order valence-corrected chi connectivity index (χ3v) is 4.49. The van der Waals surface area contributed by atoms with Crippen molar-refractivity contribution in [1.29, 1.82) is 0 Å². The van der Waals surface area contributed by atoms with Gasteiger partial charge in [-0.1, -0.05) is 17.7 Å². The standard InChI is InChI=1S/C20H17F3N4O3/c1-11-8-12(2)17(13(3)9-11)24-10-16-18(20(21,22)23)25-26(19(16)28)14-4-6-15(7-5-14)27(29)30/h4-10,25H,1-3H3. The summed E-state index contributed by atoms with van der Waals surface area (Å²) < 4.78 is 41.3. The SMILES string of the molecule is Cc1cc(C)c(N=Cc2c(C(F)(F)F)[nH]n(-c3ccc([N+](=O)[O-])cc3)c2=O)c(C)c1. The number of nitro benzene ring substituents is 1. The van der Waals surface area contributed by atoms with E-state index in [1.165, 1.54) is 12.1 Å². The second-order valence-corrected chi connectivity index (χ2v) is 6.82. The fourth-order valence-corrected chi connectivity index (χ4v) is 3.20. The zero-order valence-electron chi connectivity index (χ0n) is 16.2. The van der Waals surface area contributed by atoms with Crippen molar-refractivity contribution in [2.24, 2.45) is 4.99 Å². The van der Waals surface area contributed by atoms with Gasteiger partial charge < -0.3 is 0 Å². The molecule has 0 fully saturated rings. The molecule has 0 atom stereocenters. The van der Waals surface area contributed by atoms with Crippen LogP contribution in [0.3, 0.4) is 0 Å². The molecule has 0 aliphatic carbocycles. The molecule has 0 aliphatic rings. The van der Waals surface area contributed by atoms with Crippen molar-refractivity contribution in [3.8, 4) is 5.69 Å². The molecule has 1 heterocycles. The molecule has 10 heteroatoms. The van der Waals surface area contributed by atoms with Gasteiger partial charge >= 0.3 is 6.18 Å². The third kappa shape index (κ3) is 4.02. The molecule has 2 aromatic carbocycles. The zero-order valence-corrected chi connectivity index (χ0v) is 16.2. The summed E-state index contributed by atoms with van der Waals surface area (Å²) in [6.45, 7) is 5.46. The number of benzene rings is 2. The van der Waals surface area contributed by atoms with Gasteiger partial charge in [-0.2, -0.15) is 13.2 Å². The van der Waals surface area contributed by atoms with Gasteiger partial charge in [-0.25, -0.2) is 4.68 Å². The van der Waals surface area contributed by atoms with E-state index >= 15 is 0 Å². The normalized spacial score (nSPS) is 11.9. The summed E-state index contributed by atoms with van der Waals surface area (Å²) in [5.41, 5.74) is -0.0926. The minimum absolute atomic E-state index is 0.0263. The van der Waals surface area contributed by atoms with Crippen LogP contribution in [0.4, 0.5) is 24.5 Å². The number of H-pyrrole nitrogens is 1.